The Hall–Kier alpha value is -1.80. The molecule has 1 aromatic heterocycles. The van der Waals surface area contributed by atoms with E-state index in [1.54, 1.807) is 0 Å². The molecule has 0 aliphatic rings. The largest absolute Gasteiger partial charge is 0.296 e. The predicted molar refractivity (Wildman–Crippen MR) is 84.8 cm³/mol. The third kappa shape index (κ3) is 2.32. The fraction of sp³-hybridized carbons (Fsp3) is 0.235. The molecule has 0 saturated carbocycles. The van der Waals surface area contributed by atoms with E-state index in [9.17, 15) is 0 Å². The number of nitrogens with zero attached hydrogens (tertiary/aromatic N) is 2. The van der Waals surface area contributed by atoms with E-state index in [-0.39, 0.29) is 0 Å². The summed E-state index contributed by atoms with van der Waals surface area (Å²) in [5, 5.41) is 0.756. The Bertz CT molecular complexity index is 742. The lowest BCUT2D eigenvalue weighted by molar-refractivity contribution is 0.818. The number of hydrogen-bond acceptors (Lipinski definition) is 1. The Morgan fingerprint density at radius 3 is 2.55 bits per heavy atom. The molecule has 1 heterocycles. The fourth-order valence-electron chi connectivity index (χ4n) is 2.50. The van der Waals surface area contributed by atoms with Gasteiger partial charge in [0.2, 0.25) is 0 Å². The molecule has 3 heteroatoms. The highest BCUT2D eigenvalue weighted by Crippen LogP contribution is 2.24. The second-order valence-electron chi connectivity index (χ2n) is 5.08. The number of rotatable bonds is 3. The first-order chi connectivity index (χ1) is 9.69. The van der Waals surface area contributed by atoms with E-state index in [0.717, 1.165) is 40.4 Å². The normalized spacial score (nSPS) is 11.2. The van der Waals surface area contributed by atoms with E-state index < -0.39 is 0 Å². The topological polar surface area (TPSA) is 17.8 Å². The summed E-state index contributed by atoms with van der Waals surface area (Å²) in [5.41, 5.74) is 4.58. The van der Waals surface area contributed by atoms with Crippen molar-refractivity contribution in [1.82, 2.24) is 9.55 Å². The molecular weight excluding hydrogens is 268 g/mol. The molecule has 2 nitrogen and oxygen atoms in total. The Kier molecular flexibility index (Phi) is 3.49. The number of aryl methyl sites for hydroxylation is 2. The first-order valence-corrected chi connectivity index (χ1v) is 7.31. The highest BCUT2D eigenvalue weighted by atomic mass is 35.5. The standard InChI is InChI=1S/C17H17ClN2/c1-3-4-17-19-15-10-5-12(2)11-16(15)20(17)14-8-6-13(18)7-9-14/h5-11H,3-4H2,1-2H3. The Morgan fingerprint density at radius 2 is 1.85 bits per heavy atom. The SMILES string of the molecule is CCCc1nc2ccc(C)cc2n1-c1ccc(Cl)cc1. The van der Waals surface area contributed by atoms with Gasteiger partial charge in [-0.1, -0.05) is 24.6 Å². The molecule has 0 amide bonds. The van der Waals surface area contributed by atoms with Crippen molar-refractivity contribution in [1.29, 1.82) is 0 Å². The molecule has 0 atom stereocenters. The Morgan fingerprint density at radius 1 is 1.10 bits per heavy atom. The van der Waals surface area contributed by atoms with Gasteiger partial charge in [0.1, 0.15) is 5.82 Å². The minimum absolute atomic E-state index is 0.756. The van der Waals surface area contributed by atoms with Gasteiger partial charge in [0.15, 0.2) is 0 Å². The molecule has 0 unspecified atom stereocenters. The number of benzene rings is 2. The maximum absolute atomic E-state index is 5.99. The highest BCUT2D eigenvalue weighted by Gasteiger charge is 2.11. The zero-order chi connectivity index (χ0) is 14.1. The molecule has 0 saturated heterocycles. The van der Waals surface area contributed by atoms with E-state index in [4.69, 9.17) is 16.6 Å². The minimum Gasteiger partial charge on any atom is -0.296 e. The maximum Gasteiger partial charge on any atom is 0.114 e. The summed E-state index contributed by atoms with van der Waals surface area (Å²) >= 11 is 5.99. The quantitative estimate of drug-likeness (QED) is 0.666. The minimum atomic E-state index is 0.756. The Balaban J connectivity index is 2.27. The van der Waals surface area contributed by atoms with Crippen LogP contribution in [0.3, 0.4) is 0 Å². The summed E-state index contributed by atoms with van der Waals surface area (Å²) < 4.78 is 2.24. The van der Waals surface area contributed by atoms with Gasteiger partial charge in [-0.3, -0.25) is 4.57 Å². The monoisotopic (exact) mass is 284 g/mol. The van der Waals surface area contributed by atoms with Gasteiger partial charge in [-0.25, -0.2) is 4.98 Å². The molecule has 2 aromatic carbocycles. The van der Waals surface area contributed by atoms with Crippen LogP contribution in [0.25, 0.3) is 16.7 Å². The van der Waals surface area contributed by atoms with Crippen LogP contribution in [0.5, 0.6) is 0 Å². The number of aromatic nitrogens is 2. The molecule has 0 N–H and O–H groups in total. The van der Waals surface area contributed by atoms with Gasteiger partial charge in [-0.15, -0.1) is 0 Å². The number of imidazole rings is 1. The van der Waals surface area contributed by atoms with E-state index in [0.29, 0.717) is 0 Å². The van der Waals surface area contributed by atoms with Crippen LogP contribution in [-0.4, -0.2) is 9.55 Å². The first-order valence-electron chi connectivity index (χ1n) is 6.93. The van der Waals surface area contributed by atoms with Crippen LogP contribution in [0.4, 0.5) is 0 Å². The van der Waals surface area contributed by atoms with Gasteiger partial charge in [-0.2, -0.15) is 0 Å². The molecule has 0 spiro atoms. The summed E-state index contributed by atoms with van der Waals surface area (Å²) in [4.78, 5) is 4.77. The lowest BCUT2D eigenvalue weighted by atomic mass is 10.2. The molecule has 0 radical (unpaired) electrons. The van der Waals surface area contributed by atoms with Crippen molar-refractivity contribution in [3.8, 4) is 5.69 Å². The van der Waals surface area contributed by atoms with Crippen molar-refractivity contribution in [3.05, 3.63) is 58.9 Å². The van der Waals surface area contributed by atoms with Crippen LogP contribution in [0, 0.1) is 6.92 Å². The molecule has 20 heavy (non-hydrogen) atoms. The van der Waals surface area contributed by atoms with Gasteiger partial charge in [-0.05, 0) is 55.3 Å². The molecule has 0 aliphatic heterocycles. The van der Waals surface area contributed by atoms with Crippen molar-refractivity contribution in [2.24, 2.45) is 0 Å². The smallest absolute Gasteiger partial charge is 0.114 e. The van der Waals surface area contributed by atoms with E-state index in [2.05, 4.69) is 36.6 Å². The lowest BCUT2D eigenvalue weighted by Crippen LogP contribution is -2.00. The second kappa shape index (κ2) is 5.29. The number of halogens is 1. The number of hydrogen-bond donors (Lipinski definition) is 0. The van der Waals surface area contributed by atoms with Crippen LogP contribution >= 0.6 is 11.6 Å². The fourth-order valence-corrected chi connectivity index (χ4v) is 2.63. The van der Waals surface area contributed by atoms with Crippen molar-refractivity contribution >= 4 is 22.6 Å². The zero-order valence-electron chi connectivity index (χ0n) is 11.7. The predicted octanol–water partition coefficient (Wildman–Crippen LogP) is 4.94. The van der Waals surface area contributed by atoms with Gasteiger partial charge in [0.05, 0.1) is 11.0 Å². The summed E-state index contributed by atoms with van der Waals surface area (Å²) in [6, 6.07) is 14.3. The highest BCUT2D eigenvalue weighted by molar-refractivity contribution is 6.30. The third-order valence-corrected chi connectivity index (χ3v) is 3.69. The van der Waals surface area contributed by atoms with Gasteiger partial charge >= 0.3 is 0 Å². The van der Waals surface area contributed by atoms with E-state index >= 15 is 0 Å². The van der Waals surface area contributed by atoms with Crippen LogP contribution in [-0.2, 0) is 6.42 Å². The van der Waals surface area contributed by atoms with Crippen LogP contribution < -0.4 is 0 Å². The summed E-state index contributed by atoms with van der Waals surface area (Å²) in [6.07, 6.45) is 2.05. The molecule has 3 rings (SSSR count). The molecule has 3 aromatic rings. The average molecular weight is 285 g/mol. The maximum atomic E-state index is 5.99. The molecular formula is C17H17ClN2. The van der Waals surface area contributed by atoms with Crippen molar-refractivity contribution in [2.45, 2.75) is 26.7 Å². The van der Waals surface area contributed by atoms with Crippen LogP contribution in [0.2, 0.25) is 5.02 Å². The third-order valence-electron chi connectivity index (χ3n) is 3.44. The summed E-state index contributed by atoms with van der Waals surface area (Å²) in [5.74, 6) is 1.11. The number of fused-ring (bicyclic) bond motifs is 1. The Labute approximate surface area is 124 Å². The van der Waals surface area contributed by atoms with Crippen molar-refractivity contribution < 1.29 is 0 Å². The van der Waals surface area contributed by atoms with Crippen molar-refractivity contribution in [2.75, 3.05) is 0 Å². The van der Waals surface area contributed by atoms with Crippen LogP contribution in [0.1, 0.15) is 24.7 Å². The first kappa shape index (κ1) is 13.2. The van der Waals surface area contributed by atoms with Crippen LogP contribution in [0.15, 0.2) is 42.5 Å². The summed E-state index contributed by atoms with van der Waals surface area (Å²) in [6.45, 7) is 4.29. The van der Waals surface area contributed by atoms with Gasteiger partial charge in [0, 0.05) is 17.1 Å². The summed E-state index contributed by atoms with van der Waals surface area (Å²) in [7, 11) is 0. The van der Waals surface area contributed by atoms with Crippen molar-refractivity contribution in [3.63, 3.8) is 0 Å². The van der Waals surface area contributed by atoms with E-state index in [1.165, 1.54) is 5.56 Å². The molecule has 0 fully saturated rings. The second-order valence-corrected chi connectivity index (χ2v) is 5.52. The molecule has 102 valence electrons. The van der Waals surface area contributed by atoms with Gasteiger partial charge in [0.25, 0.3) is 0 Å². The van der Waals surface area contributed by atoms with E-state index in [1.807, 2.05) is 24.3 Å². The molecule has 0 aliphatic carbocycles. The average Bonchev–Trinajstić information content (AvgIpc) is 2.78. The van der Waals surface area contributed by atoms with Gasteiger partial charge < -0.3 is 0 Å². The molecule has 0 bridgehead atoms. The lowest BCUT2D eigenvalue weighted by Gasteiger charge is -2.09. The zero-order valence-corrected chi connectivity index (χ0v) is 12.5.